The normalized spacial score (nSPS) is 21.4. The Balaban J connectivity index is 1.71. The second-order valence-corrected chi connectivity index (χ2v) is 9.03. The lowest BCUT2D eigenvalue weighted by atomic mass is 9.87. The summed E-state index contributed by atoms with van der Waals surface area (Å²) < 4.78 is 5.99. The van der Waals surface area contributed by atoms with Crippen molar-refractivity contribution in [3.63, 3.8) is 0 Å². The van der Waals surface area contributed by atoms with Gasteiger partial charge in [0.2, 0.25) is 0 Å². The van der Waals surface area contributed by atoms with Crippen LogP contribution in [0.25, 0.3) is 6.08 Å². The first-order chi connectivity index (χ1) is 11.8. The molecule has 0 radical (unpaired) electrons. The van der Waals surface area contributed by atoms with Gasteiger partial charge in [-0.15, -0.1) is 0 Å². The van der Waals surface area contributed by atoms with E-state index < -0.39 is 0 Å². The van der Waals surface area contributed by atoms with E-state index in [9.17, 15) is 4.79 Å². The van der Waals surface area contributed by atoms with Gasteiger partial charge >= 0.3 is 0 Å². The summed E-state index contributed by atoms with van der Waals surface area (Å²) in [5.74, 6) is 0.00129. The number of ether oxygens (including phenoxy) is 1. The molecule has 4 nitrogen and oxygen atoms in total. The Bertz CT molecular complexity index is 686. The molecule has 1 aromatic carbocycles. The number of morpholine rings is 1. The molecule has 6 heteroatoms. The maximum absolute atomic E-state index is 12.7. The summed E-state index contributed by atoms with van der Waals surface area (Å²) in [4.78, 5) is 17.3. The molecule has 0 atom stereocenters. The standard InChI is InChI=1S/C19H24N2O2S2/c1-19(2,3)15-6-4-14(5-7-15)12-16-17(22)21(18(24)25-16)13-20-8-10-23-11-9-20/h4-7,12H,8-11,13H2,1-3H3/b16-12+. The number of benzene rings is 1. The summed E-state index contributed by atoms with van der Waals surface area (Å²) >= 11 is 6.80. The van der Waals surface area contributed by atoms with E-state index in [-0.39, 0.29) is 11.3 Å². The fraction of sp³-hybridized carbons (Fsp3) is 0.474. The van der Waals surface area contributed by atoms with Crippen LogP contribution < -0.4 is 0 Å². The van der Waals surface area contributed by atoms with Crippen molar-refractivity contribution in [2.45, 2.75) is 26.2 Å². The summed E-state index contributed by atoms with van der Waals surface area (Å²) in [7, 11) is 0. The first kappa shape index (κ1) is 18.6. The van der Waals surface area contributed by atoms with E-state index in [4.69, 9.17) is 17.0 Å². The molecule has 2 aliphatic rings. The first-order valence-electron chi connectivity index (χ1n) is 8.50. The van der Waals surface area contributed by atoms with Gasteiger partial charge < -0.3 is 4.74 Å². The van der Waals surface area contributed by atoms with Crippen molar-refractivity contribution in [3.8, 4) is 0 Å². The molecule has 25 heavy (non-hydrogen) atoms. The zero-order chi connectivity index (χ0) is 18.0. The van der Waals surface area contributed by atoms with Crippen LogP contribution in [0.5, 0.6) is 0 Å². The summed E-state index contributed by atoms with van der Waals surface area (Å²) in [6.07, 6.45) is 1.94. The lowest BCUT2D eigenvalue weighted by molar-refractivity contribution is -0.124. The van der Waals surface area contributed by atoms with Gasteiger partial charge in [-0.25, -0.2) is 0 Å². The number of hydrogen-bond acceptors (Lipinski definition) is 5. The van der Waals surface area contributed by atoms with Crippen molar-refractivity contribution in [1.29, 1.82) is 0 Å². The summed E-state index contributed by atoms with van der Waals surface area (Å²) in [5.41, 5.74) is 2.43. The molecule has 0 aliphatic carbocycles. The quantitative estimate of drug-likeness (QED) is 0.596. The fourth-order valence-electron chi connectivity index (χ4n) is 2.80. The van der Waals surface area contributed by atoms with Crippen LogP contribution in [-0.2, 0) is 14.9 Å². The summed E-state index contributed by atoms with van der Waals surface area (Å²) in [5, 5.41) is 0. The third kappa shape index (κ3) is 4.50. The smallest absolute Gasteiger partial charge is 0.267 e. The Labute approximate surface area is 159 Å². The van der Waals surface area contributed by atoms with Crippen LogP contribution in [0.3, 0.4) is 0 Å². The number of rotatable bonds is 3. The summed E-state index contributed by atoms with van der Waals surface area (Å²) in [6.45, 7) is 10.2. The fourth-order valence-corrected chi connectivity index (χ4v) is 4.04. The third-order valence-electron chi connectivity index (χ3n) is 4.39. The van der Waals surface area contributed by atoms with Crippen molar-refractivity contribution in [2.24, 2.45) is 0 Å². The number of thioether (sulfide) groups is 1. The maximum atomic E-state index is 12.7. The van der Waals surface area contributed by atoms with Crippen molar-refractivity contribution in [2.75, 3.05) is 33.0 Å². The molecule has 0 saturated carbocycles. The van der Waals surface area contributed by atoms with Crippen LogP contribution in [0.1, 0.15) is 31.9 Å². The van der Waals surface area contributed by atoms with Gasteiger partial charge in [0.15, 0.2) is 0 Å². The zero-order valence-corrected chi connectivity index (χ0v) is 16.6. The van der Waals surface area contributed by atoms with E-state index in [0.717, 1.165) is 18.7 Å². The van der Waals surface area contributed by atoms with Gasteiger partial charge in [-0.3, -0.25) is 14.6 Å². The Hall–Kier alpha value is -1.21. The molecule has 2 aliphatic heterocycles. The minimum atomic E-state index is 0.00129. The van der Waals surface area contributed by atoms with Crippen molar-refractivity contribution < 1.29 is 9.53 Å². The molecule has 2 fully saturated rings. The molecule has 2 heterocycles. The SMILES string of the molecule is CC(C)(C)c1ccc(/C=C2/SC(=S)N(CN3CCOCC3)C2=O)cc1. The van der Waals surface area contributed by atoms with Gasteiger partial charge in [-0.2, -0.15) is 0 Å². The topological polar surface area (TPSA) is 32.8 Å². The average molecular weight is 377 g/mol. The molecule has 0 bridgehead atoms. The van der Waals surface area contributed by atoms with E-state index in [0.29, 0.717) is 29.1 Å². The molecule has 3 rings (SSSR count). The van der Waals surface area contributed by atoms with Crippen molar-refractivity contribution in [1.82, 2.24) is 9.80 Å². The van der Waals surface area contributed by atoms with Crippen LogP contribution in [-0.4, -0.2) is 53.0 Å². The highest BCUT2D eigenvalue weighted by Crippen LogP contribution is 2.33. The lowest BCUT2D eigenvalue weighted by Gasteiger charge is -2.29. The Morgan fingerprint density at radius 3 is 2.44 bits per heavy atom. The minimum absolute atomic E-state index is 0.00129. The van der Waals surface area contributed by atoms with Gasteiger partial charge in [0.05, 0.1) is 24.8 Å². The highest BCUT2D eigenvalue weighted by atomic mass is 32.2. The van der Waals surface area contributed by atoms with E-state index in [1.165, 1.54) is 17.3 Å². The molecule has 1 amide bonds. The maximum Gasteiger partial charge on any atom is 0.267 e. The molecule has 1 aromatic rings. The Morgan fingerprint density at radius 2 is 1.84 bits per heavy atom. The van der Waals surface area contributed by atoms with Crippen LogP contribution in [0.4, 0.5) is 0 Å². The van der Waals surface area contributed by atoms with E-state index >= 15 is 0 Å². The first-order valence-corrected chi connectivity index (χ1v) is 9.73. The van der Waals surface area contributed by atoms with Gasteiger partial charge in [0.1, 0.15) is 4.32 Å². The van der Waals surface area contributed by atoms with Crippen LogP contribution in [0.2, 0.25) is 0 Å². The highest BCUT2D eigenvalue weighted by Gasteiger charge is 2.33. The minimum Gasteiger partial charge on any atom is -0.379 e. The molecule has 0 unspecified atom stereocenters. The van der Waals surface area contributed by atoms with E-state index in [2.05, 4.69) is 49.9 Å². The molecular formula is C19H24N2O2S2. The monoisotopic (exact) mass is 376 g/mol. The summed E-state index contributed by atoms with van der Waals surface area (Å²) in [6, 6.07) is 8.38. The molecule has 0 aromatic heterocycles. The van der Waals surface area contributed by atoms with Gasteiger partial charge in [-0.05, 0) is 22.6 Å². The molecule has 134 valence electrons. The van der Waals surface area contributed by atoms with Crippen LogP contribution >= 0.6 is 24.0 Å². The molecule has 0 spiro atoms. The lowest BCUT2D eigenvalue weighted by Crippen LogP contribution is -2.45. The van der Waals surface area contributed by atoms with Crippen LogP contribution in [0, 0.1) is 0 Å². The van der Waals surface area contributed by atoms with E-state index in [1.54, 1.807) is 4.90 Å². The second kappa shape index (κ2) is 7.58. The Morgan fingerprint density at radius 1 is 1.20 bits per heavy atom. The molecule has 2 saturated heterocycles. The number of hydrogen-bond donors (Lipinski definition) is 0. The number of nitrogens with zero attached hydrogens (tertiary/aromatic N) is 2. The highest BCUT2D eigenvalue weighted by molar-refractivity contribution is 8.26. The van der Waals surface area contributed by atoms with Gasteiger partial charge in [-0.1, -0.05) is 69.0 Å². The number of thiocarbonyl (C=S) groups is 1. The predicted octanol–water partition coefficient (Wildman–Crippen LogP) is 3.48. The largest absolute Gasteiger partial charge is 0.379 e. The molecule has 0 N–H and O–H groups in total. The van der Waals surface area contributed by atoms with Crippen molar-refractivity contribution >= 4 is 40.3 Å². The predicted molar refractivity (Wildman–Crippen MR) is 107 cm³/mol. The average Bonchev–Trinajstić information content (AvgIpc) is 2.83. The van der Waals surface area contributed by atoms with Crippen LogP contribution in [0.15, 0.2) is 29.2 Å². The Kier molecular flexibility index (Phi) is 5.63. The van der Waals surface area contributed by atoms with Crippen molar-refractivity contribution in [3.05, 3.63) is 40.3 Å². The van der Waals surface area contributed by atoms with Gasteiger partial charge in [0.25, 0.3) is 5.91 Å². The number of carbonyl (C=O) groups excluding carboxylic acids is 1. The number of amides is 1. The van der Waals surface area contributed by atoms with E-state index in [1.807, 2.05) is 6.08 Å². The third-order valence-corrected chi connectivity index (χ3v) is 5.77. The van der Waals surface area contributed by atoms with Gasteiger partial charge in [0, 0.05) is 13.1 Å². The number of carbonyl (C=O) groups is 1. The zero-order valence-electron chi connectivity index (χ0n) is 14.9. The second-order valence-electron chi connectivity index (χ2n) is 7.35. The molecular weight excluding hydrogens is 352 g/mol.